The van der Waals surface area contributed by atoms with Gasteiger partial charge in [-0.3, -0.25) is 9.79 Å². The minimum atomic E-state index is -0.00521. The van der Waals surface area contributed by atoms with Gasteiger partial charge in [0.05, 0.1) is 6.54 Å². The maximum atomic E-state index is 11.5. The van der Waals surface area contributed by atoms with Gasteiger partial charge in [0.15, 0.2) is 5.96 Å². The molecule has 1 amide bonds. The fourth-order valence-electron chi connectivity index (χ4n) is 2.00. The van der Waals surface area contributed by atoms with E-state index in [2.05, 4.69) is 20.9 Å². The Bertz CT molecular complexity index is 270. The van der Waals surface area contributed by atoms with Gasteiger partial charge in [0.2, 0.25) is 5.91 Å². The number of nitrogens with zero attached hydrogens (tertiary/aromatic N) is 1. The molecule has 0 spiro atoms. The van der Waals surface area contributed by atoms with Crippen molar-refractivity contribution in [1.82, 2.24) is 16.0 Å². The largest absolute Gasteiger partial charge is 0.354 e. The third-order valence-corrected chi connectivity index (χ3v) is 2.79. The van der Waals surface area contributed by atoms with E-state index in [1.54, 1.807) is 7.05 Å². The number of hydrogen-bond acceptors (Lipinski definition) is 2. The van der Waals surface area contributed by atoms with Crippen LogP contribution in [0, 0.1) is 0 Å². The molecule has 1 fully saturated rings. The summed E-state index contributed by atoms with van der Waals surface area (Å²) >= 11 is 0. The van der Waals surface area contributed by atoms with Crippen LogP contribution in [0.15, 0.2) is 4.99 Å². The quantitative estimate of drug-likeness (QED) is 0.498. The van der Waals surface area contributed by atoms with Crippen LogP contribution in [-0.4, -0.2) is 37.5 Å². The van der Waals surface area contributed by atoms with Crippen molar-refractivity contribution in [3.8, 4) is 0 Å². The van der Waals surface area contributed by atoms with E-state index in [1.807, 2.05) is 13.8 Å². The van der Waals surface area contributed by atoms with Crippen molar-refractivity contribution in [1.29, 1.82) is 0 Å². The zero-order chi connectivity index (χ0) is 12.7. The van der Waals surface area contributed by atoms with E-state index < -0.39 is 0 Å². The SMILES string of the molecule is CN=C(NCC(=O)NC(C)C)NC1CCCC1. The van der Waals surface area contributed by atoms with Gasteiger partial charge in [0.25, 0.3) is 0 Å². The van der Waals surface area contributed by atoms with Crippen LogP contribution in [0.3, 0.4) is 0 Å². The Morgan fingerprint density at radius 3 is 2.53 bits per heavy atom. The van der Waals surface area contributed by atoms with Crippen molar-refractivity contribution in [3.63, 3.8) is 0 Å². The lowest BCUT2D eigenvalue weighted by Gasteiger charge is -2.17. The first-order chi connectivity index (χ1) is 8.11. The zero-order valence-corrected chi connectivity index (χ0v) is 11.0. The second kappa shape index (κ2) is 7.14. The van der Waals surface area contributed by atoms with Crippen LogP contribution in [-0.2, 0) is 4.79 Å². The molecule has 0 aliphatic heterocycles. The highest BCUT2D eigenvalue weighted by Crippen LogP contribution is 2.17. The number of carbonyl (C=O) groups excluding carboxylic acids is 1. The molecule has 5 nitrogen and oxygen atoms in total. The lowest BCUT2D eigenvalue weighted by Crippen LogP contribution is -2.47. The van der Waals surface area contributed by atoms with E-state index in [9.17, 15) is 4.79 Å². The predicted molar refractivity (Wildman–Crippen MR) is 70.0 cm³/mol. The molecule has 1 aliphatic rings. The molecular formula is C12H24N4O. The van der Waals surface area contributed by atoms with Crippen molar-refractivity contribution in [2.24, 2.45) is 4.99 Å². The molecule has 1 saturated carbocycles. The first-order valence-electron chi connectivity index (χ1n) is 6.38. The lowest BCUT2D eigenvalue weighted by atomic mass is 10.2. The predicted octanol–water partition coefficient (Wildman–Crippen LogP) is 0.619. The maximum absolute atomic E-state index is 11.5. The standard InChI is InChI=1S/C12H24N4O/c1-9(2)15-11(17)8-14-12(13-3)16-10-6-4-5-7-10/h9-10H,4-8H2,1-3H3,(H,15,17)(H2,13,14,16). The van der Waals surface area contributed by atoms with E-state index in [4.69, 9.17) is 0 Å². The highest BCUT2D eigenvalue weighted by atomic mass is 16.1. The molecule has 0 aromatic rings. The van der Waals surface area contributed by atoms with E-state index in [1.165, 1.54) is 25.7 Å². The zero-order valence-electron chi connectivity index (χ0n) is 11.0. The Hall–Kier alpha value is -1.26. The number of amides is 1. The minimum absolute atomic E-state index is 0.00521. The molecule has 1 rings (SSSR count). The van der Waals surface area contributed by atoms with Crippen LogP contribution in [0.1, 0.15) is 39.5 Å². The van der Waals surface area contributed by atoms with Crippen LogP contribution in [0.4, 0.5) is 0 Å². The minimum Gasteiger partial charge on any atom is -0.354 e. The van der Waals surface area contributed by atoms with Crippen molar-refractivity contribution in [2.75, 3.05) is 13.6 Å². The van der Waals surface area contributed by atoms with Crippen LogP contribution in [0.2, 0.25) is 0 Å². The first-order valence-corrected chi connectivity index (χ1v) is 6.38. The van der Waals surface area contributed by atoms with Crippen molar-refractivity contribution < 1.29 is 4.79 Å². The highest BCUT2D eigenvalue weighted by Gasteiger charge is 2.16. The summed E-state index contributed by atoms with van der Waals surface area (Å²) in [6, 6.07) is 0.684. The second-order valence-corrected chi connectivity index (χ2v) is 4.77. The van der Waals surface area contributed by atoms with Gasteiger partial charge < -0.3 is 16.0 Å². The highest BCUT2D eigenvalue weighted by molar-refractivity contribution is 5.86. The number of carbonyl (C=O) groups is 1. The van der Waals surface area contributed by atoms with Crippen LogP contribution in [0.25, 0.3) is 0 Å². The molecule has 0 heterocycles. The van der Waals surface area contributed by atoms with Gasteiger partial charge in [0.1, 0.15) is 0 Å². The van der Waals surface area contributed by atoms with E-state index in [-0.39, 0.29) is 18.5 Å². The molecule has 0 atom stereocenters. The monoisotopic (exact) mass is 240 g/mol. The number of hydrogen-bond donors (Lipinski definition) is 3. The summed E-state index contributed by atoms with van der Waals surface area (Å²) < 4.78 is 0. The van der Waals surface area contributed by atoms with Crippen LogP contribution >= 0.6 is 0 Å². The molecule has 1 aliphatic carbocycles. The van der Waals surface area contributed by atoms with E-state index >= 15 is 0 Å². The number of nitrogens with one attached hydrogen (secondary N) is 3. The molecule has 0 unspecified atom stereocenters. The molecule has 0 bridgehead atoms. The Morgan fingerprint density at radius 2 is 2.00 bits per heavy atom. The van der Waals surface area contributed by atoms with Gasteiger partial charge in [-0.2, -0.15) is 0 Å². The number of aliphatic imine (C=N–C) groups is 1. The van der Waals surface area contributed by atoms with Gasteiger partial charge in [-0.25, -0.2) is 0 Å². The normalized spacial score (nSPS) is 17.3. The molecule has 0 aromatic carbocycles. The van der Waals surface area contributed by atoms with Gasteiger partial charge in [0, 0.05) is 19.1 Å². The average Bonchev–Trinajstić information content (AvgIpc) is 2.75. The molecule has 17 heavy (non-hydrogen) atoms. The molecule has 5 heteroatoms. The Morgan fingerprint density at radius 1 is 1.35 bits per heavy atom. The third kappa shape index (κ3) is 5.56. The molecule has 0 radical (unpaired) electrons. The van der Waals surface area contributed by atoms with Crippen molar-refractivity contribution >= 4 is 11.9 Å². The van der Waals surface area contributed by atoms with Gasteiger partial charge in [-0.15, -0.1) is 0 Å². The average molecular weight is 240 g/mol. The molecule has 0 saturated heterocycles. The van der Waals surface area contributed by atoms with E-state index in [0.29, 0.717) is 6.04 Å². The Balaban J connectivity index is 2.25. The second-order valence-electron chi connectivity index (χ2n) is 4.77. The summed E-state index contributed by atoms with van der Waals surface area (Å²) in [7, 11) is 1.73. The molecule has 0 aromatic heterocycles. The number of rotatable bonds is 4. The fraction of sp³-hybridized carbons (Fsp3) is 0.833. The van der Waals surface area contributed by atoms with Crippen LogP contribution in [0.5, 0.6) is 0 Å². The molecule has 98 valence electrons. The Labute approximate surface area is 103 Å². The smallest absolute Gasteiger partial charge is 0.239 e. The fourth-order valence-corrected chi connectivity index (χ4v) is 2.00. The van der Waals surface area contributed by atoms with E-state index in [0.717, 1.165) is 5.96 Å². The van der Waals surface area contributed by atoms with Crippen molar-refractivity contribution in [3.05, 3.63) is 0 Å². The Kier molecular flexibility index (Phi) is 5.80. The lowest BCUT2D eigenvalue weighted by molar-refractivity contribution is -0.120. The van der Waals surface area contributed by atoms with Gasteiger partial charge >= 0.3 is 0 Å². The first kappa shape index (κ1) is 13.8. The molecular weight excluding hydrogens is 216 g/mol. The summed E-state index contributed by atoms with van der Waals surface area (Å²) in [6.07, 6.45) is 4.95. The van der Waals surface area contributed by atoms with Gasteiger partial charge in [-0.05, 0) is 26.7 Å². The number of guanidine groups is 1. The summed E-state index contributed by atoms with van der Waals surface area (Å²) in [5.74, 6) is 0.713. The van der Waals surface area contributed by atoms with Crippen molar-refractivity contribution in [2.45, 2.75) is 51.6 Å². The topological polar surface area (TPSA) is 65.5 Å². The van der Waals surface area contributed by atoms with Gasteiger partial charge in [-0.1, -0.05) is 12.8 Å². The summed E-state index contributed by atoms with van der Waals surface area (Å²) in [6.45, 7) is 4.16. The third-order valence-electron chi connectivity index (χ3n) is 2.79. The summed E-state index contributed by atoms with van der Waals surface area (Å²) in [5.41, 5.74) is 0. The summed E-state index contributed by atoms with van der Waals surface area (Å²) in [5, 5.41) is 9.19. The maximum Gasteiger partial charge on any atom is 0.239 e. The summed E-state index contributed by atoms with van der Waals surface area (Å²) in [4.78, 5) is 15.6. The molecule has 3 N–H and O–H groups in total. The van der Waals surface area contributed by atoms with Crippen LogP contribution < -0.4 is 16.0 Å².